The zero-order chi connectivity index (χ0) is 19.9. The highest BCUT2D eigenvalue weighted by atomic mass is 16.5. The second-order valence-corrected chi connectivity index (χ2v) is 7.83. The van der Waals surface area contributed by atoms with Crippen molar-refractivity contribution in [3.05, 3.63) is 23.8 Å². The SMILES string of the molecule is COC(CC(C)C)(CC(C)C)C(=O)Nc1ccc(OC(C)C)cc1C#N. The summed E-state index contributed by atoms with van der Waals surface area (Å²) in [7, 11) is 1.58. The van der Waals surface area contributed by atoms with Gasteiger partial charge in [-0.3, -0.25) is 4.79 Å². The van der Waals surface area contributed by atoms with E-state index in [1.54, 1.807) is 25.3 Å². The fraction of sp³-hybridized carbons (Fsp3) is 0.619. The number of rotatable bonds is 9. The molecular weight excluding hydrogens is 328 g/mol. The fourth-order valence-electron chi connectivity index (χ4n) is 3.15. The van der Waals surface area contributed by atoms with E-state index in [2.05, 4.69) is 39.1 Å². The first-order chi connectivity index (χ1) is 12.1. The van der Waals surface area contributed by atoms with Gasteiger partial charge in [0.15, 0.2) is 0 Å². The van der Waals surface area contributed by atoms with Crippen molar-refractivity contribution >= 4 is 11.6 Å². The molecule has 0 radical (unpaired) electrons. The molecule has 0 bridgehead atoms. The first-order valence-corrected chi connectivity index (χ1v) is 9.21. The van der Waals surface area contributed by atoms with Gasteiger partial charge < -0.3 is 14.8 Å². The molecule has 0 saturated carbocycles. The number of nitrogens with one attached hydrogen (secondary N) is 1. The third-order valence-electron chi connectivity index (χ3n) is 4.01. The van der Waals surface area contributed by atoms with Crippen molar-refractivity contribution in [2.45, 2.75) is 66.1 Å². The average Bonchev–Trinajstić information content (AvgIpc) is 2.53. The summed E-state index contributed by atoms with van der Waals surface area (Å²) in [4.78, 5) is 13.1. The van der Waals surface area contributed by atoms with Crippen molar-refractivity contribution in [3.63, 3.8) is 0 Å². The van der Waals surface area contributed by atoms with Crippen LogP contribution in [0.5, 0.6) is 5.75 Å². The normalized spacial score (nSPS) is 11.7. The lowest BCUT2D eigenvalue weighted by atomic mass is 9.84. The van der Waals surface area contributed by atoms with Crippen molar-refractivity contribution in [1.29, 1.82) is 5.26 Å². The molecule has 0 heterocycles. The Morgan fingerprint density at radius 1 is 1.15 bits per heavy atom. The minimum atomic E-state index is -0.915. The van der Waals surface area contributed by atoms with Gasteiger partial charge in [-0.1, -0.05) is 27.7 Å². The van der Waals surface area contributed by atoms with Crippen LogP contribution in [-0.4, -0.2) is 24.7 Å². The van der Waals surface area contributed by atoms with Crippen LogP contribution in [0.1, 0.15) is 59.9 Å². The van der Waals surface area contributed by atoms with Gasteiger partial charge in [0.2, 0.25) is 0 Å². The average molecular weight is 360 g/mol. The molecule has 0 aromatic heterocycles. The zero-order valence-corrected chi connectivity index (χ0v) is 17.1. The van der Waals surface area contributed by atoms with Gasteiger partial charge in [-0.15, -0.1) is 0 Å². The number of hydrogen-bond acceptors (Lipinski definition) is 4. The highest BCUT2D eigenvalue weighted by Crippen LogP contribution is 2.31. The summed E-state index contributed by atoms with van der Waals surface area (Å²) < 4.78 is 11.3. The van der Waals surface area contributed by atoms with Gasteiger partial charge in [-0.05, 0) is 50.7 Å². The smallest absolute Gasteiger partial charge is 0.256 e. The molecule has 0 unspecified atom stereocenters. The van der Waals surface area contributed by atoms with Crippen LogP contribution in [0.4, 0.5) is 5.69 Å². The van der Waals surface area contributed by atoms with Gasteiger partial charge in [-0.2, -0.15) is 5.26 Å². The molecule has 1 N–H and O–H groups in total. The van der Waals surface area contributed by atoms with Gasteiger partial charge in [-0.25, -0.2) is 0 Å². The predicted molar refractivity (Wildman–Crippen MR) is 104 cm³/mol. The van der Waals surface area contributed by atoms with Crippen LogP contribution in [0.2, 0.25) is 0 Å². The highest BCUT2D eigenvalue weighted by molar-refractivity contribution is 5.98. The molecule has 26 heavy (non-hydrogen) atoms. The van der Waals surface area contributed by atoms with Crippen LogP contribution < -0.4 is 10.1 Å². The molecule has 5 nitrogen and oxygen atoms in total. The molecule has 5 heteroatoms. The molecule has 1 aromatic carbocycles. The van der Waals surface area contributed by atoms with E-state index in [4.69, 9.17) is 9.47 Å². The molecule has 144 valence electrons. The topological polar surface area (TPSA) is 71.3 Å². The van der Waals surface area contributed by atoms with E-state index < -0.39 is 5.60 Å². The number of benzene rings is 1. The lowest BCUT2D eigenvalue weighted by Crippen LogP contribution is -2.47. The summed E-state index contributed by atoms with van der Waals surface area (Å²) in [5.41, 5.74) is -0.0690. The lowest BCUT2D eigenvalue weighted by molar-refractivity contribution is -0.142. The largest absolute Gasteiger partial charge is 0.491 e. The van der Waals surface area contributed by atoms with E-state index >= 15 is 0 Å². The van der Waals surface area contributed by atoms with Gasteiger partial charge >= 0.3 is 0 Å². The summed E-state index contributed by atoms with van der Waals surface area (Å²) in [5, 5.41) is 12.4. The van der Waals surface area contributed by atoms with E-state index in [0.29, 0.717) is 41.7 Å². The number of nitrogens with zero attached hydrogens (tertiary/aromatic N) is 1. The molecule has 0 fully saturated rings. The van der Waals surface area contributed by atoms with Crippen LogP contribution in [0.3, 0.4) is 0 Å². The predicted octanol–water partition coefficient (Wildman–Crippen LogP) is 4.76. The number of anilines is 1. The Kier molecular flexibility index (Phi) is 8.10. The van der Waals surface area contributed by atoms with E-state index in [-0.39, 0.29) is 12.0 Å². The number of nitriles is 1. The Bertz CT molecular complexity index is 635. The third kappa shape index (κ3) is 6.03. The number of amides is 1. The van der Waals surface area contributed by atoms with Crippen molar-refractivity contribution in [2.24, 2.45) is 11.8 Å². The molecule has 1 aromatic rings. The molecule has 0 aliphatic rings. The molecule has 0 spiro atoms. The zero-order valence-electron chi connectivity index (χ0n) is 17.1. The summed E-state index contributed by atoms with van der Waals surface area (Å²) in [6.45, 7) is 12.1. The Balaban J connectivity index is 3.13. The summed E-state index contributed by atoms with van der Waals surface area (Å²) in [5.74, 6) is 1.00. The fourth-order valence-corrected chi connectivity index (χ4v) is 3.15. The van der Waals surface area contributed by atoms with Crippen molar-refractivity contribution in [1.82, 2.24) is 0 Å². The number of ether oxygens (including phenoxy) is 2. The van der Waals surface area contributed by atoms with E-state index in [9.17, 15) is 10.1 Å². The Labute approximate surface area is 157 Å². The maximum atomic E-state index is 13.1. The van der Waals surface area contributed by atoms with Crippen molar-refractivity contribution in [3.8, 4) is 11.8 Å². The Morgan fingerprint density at radius 2 is 1.73 bits per heavy atom. The highest BCUT2D eigenvalue weighted by Gasteiger charge is 2.40. The third-order valence-corrected chi connectivity index (χ3v) is 4.01. The van der Waals surface area contributed by atoms with Gasteiger partial charge in [0, 0.05) is 13.2 Å². The van der Waals surface area contributed by atoms with Crippen LogP contribution in [-0.2, 0) is 9.53 Å². The Hall–Kier alpha value is -2.06. The minimum Gasteiger partial charge on any atom is -0.491 e. The van der Waals surface area contributed by atoms with Crippen molar-refractivity contribution < 1.29 is 14.3 Å². The number of hydrogen-bond donors (Lipinski definition) is 1. The van der Waals surface area contributed by atoms with Crippen molar-refractivity contribution in [2.75, 3.05) is 12.4 Å². The first-order valence-electron chi connectivity index (χ1n) is 9.21. The molecule has 0 atom stereocenters. The van der Waals surface area contributed by atoms with Gasteiger partial charge in [0.1, 0.15) is 17.4 Å². The summed E-state index contributed by atoms with van der Waals surface area (Å²) in [6, 6.07) is 7.25. The second-order valence-electron chi connectivity index (χ2n) is 7.83. The molecule has 1 rings (SSSR count). The molecule has 0 saturated heterocycles. The number of methoxy groups -OCH3 is 1. The van der Waals surface area contributed by atoms with Crippen LogP contribution in [0, 0.1) is 23.2 Å². The molecular formula is C21H32N2O3. The Morgan fingerprint density at radius 3 is 2.15 bits per heavy atom. The summed E-state index contributed by atoms with van der Waals surface area (Å²) >= 11 is 0. The van der Waals surface area contributed by atoms with E-state index in [0.717, 1.165) is 0 Å². The molecule has 1 amide bonds. The van der Waals surface area contributed by atoms with E-state index in [1.165, 1.54) is 0 Å². The summed E-state index contributed by atoms with van der Waals surface area (Å²) in [6.07, 6.45) is 1.24. The van der Waals surface area contributed by atoms with Gasteiger partial charge in [0.25, 0.3) is 5.91 Å². The van der Waals surface area contributed by atoms with Crippen LogP contribution in [0.15, 0.2) is 18.2 Å². The maximum Gasteiger partial charge on any atom is 0.256 e. The monoisotopic (exact) mass is 360 g/mol. The number of carbonyl (C=O) groups is 1. The standard InChI is InChI=1S/C21H32N2O3/c1-14(2)11-21(25-7,12-15(3)4)20(24)23-19-9-8-18(26-16(5)6)10-17(19)13-22/h8-10,14-16H,11-12H2,1-7H3,(H,23,24). The lowest BCUT2D eigenvalue weighted by Gasteiger charge is -2.34. The maximum absolute atomic E-state index is 13.1. The van der Waals surface area contributed by atoms with Crippen LogP contribution >= 0.6 is 0 Å². The molecule has 0 aliphatic heterocycles. The quantitative estimate of drug-likeness (QED) is 0.689. The second kappa shape index (κ2) is 9.59. The van der Waals surface area contributed by atoms with E-state index in [1.807, 2.05) is 13.8 Å². The van der Waals surface area contributed by atoms with Gasteiger partial charge in [0.05, 0.1) is 17.4 Å². The van der Waals surface area contributed by atoms with Crippen LogP contribution in [0.25, 0.3) is 0 Å². The minimum absolute atomic E-state index is 0.0141. The number of carbonyl (C=O) groups excluding carboxylic acids is 1. The first kappa shape index (κ1) is 22.0. The molecule has 0 aliphatic carbocycles.